The molecule has 7 heteroatoms. The Kier molecular flexibility index (Phi) is 4.95. The van der Waals surface area contributed by atoms with Crippen LogP contribution in [0.25, 0.3) is 0 Å². The summed E-state index contributed by atoms with van der Waals surface area (Å²) in [6, 6.07) is 0. The maximum Gasteiger partial charge on any atom is 0.310 e. The van der Waals surface area contributed by atoms with Gasteiger partial charge in [-0.05, 0) is 20.8 Å². The molecule has 0 aliphatic carbocycles. The number of rotatable bonds is 5. The van der Waals surface area contributed by atoms with Gasteiger partial charge in [0.15, 0.2) is 10.9 Å². The number of fused-ring (bicyclic) bond motifs is 1. The highest BCUT2D eigenvalue weighted by Crippen LogP contribution is 2.41. The molecule has 118 valence electrons. The predicted octanol–water partition coefficient (Wildman–Crippen LogP) is 1.98. The van der Waals surface area contributed by atoms with Gasteiger partial charge in [0.05, 0.1) is 18.8 Å². The number of thioether (sulfide) groups is 1. The van der Waals surface area contributed by atoms with E-state index in [2.05, 4.69) is 0 Å². The van der Waals surface area contributed by atoms with E-state index < -0.39 is 18.2 Å². The lowest BCUT2D eigenvalue weighted by Crippen LogP contribution is -2.23. The average Bonchev–Trinajstić information content (AvgIpc) is 2.81. The Hall–Kier alpha value is -1.05. The summed E-state index contributed by atoms with van der Waals surface area (Å²) in [6.45, 7) is 7.15. The van der Waals surface area contributed by atoms with Gasteiger partial charge in [-0.3, -0.25) is 9.59 Å². The zero-order valence-corrected chi connectivity index (χ0v) is 13.5. The Morgan fingerprint density at radius 1 is 1.33 bits per heavy atom. The van der Waals surface area contributed by atoms with Gasteiger partial charge in [-0.1, -0.05) is 11.8 Å². The van der Waals surface area contributed by atoms with Crippen molar-refractivity contribution in [3.05, 3.63) is 11.3 Å². The second-order valence-corrected chi connectivity index (χ2v) is 6.41. The van der Waals surface area contributed by atoms with Crippen molar-refractivity contribution < 1.29 is 28.5 Å². The average molecular weight is 316 g/mol. The highest BCUT2D eigenvalue weighted by atomic mass is 32.2. The number of carbonyl (C=O) groups excluding carboxylic acids is 2. The fourth-order valence-electron chi connectivity index (χ4n) is 2.29. The molecule has 0 saturated carbocycles. The summed E-state index contributed by atoms with van der Waals surface area (Å²) in [4.78, 5) is 22.9. The zero-order valence-electron chi connectivity index (χ0n) is 12.6. The maximum absolute atomic E-state index is 11.8. The van der Waals surface area contributed by atoms with Crippen LogP contribution in [-0.4, -0.2) is 41.6 Å². The lowest BCUT2D eigenvalue weighted by molar-refractivity contribution is -0.181. The molecule has 2 aliphatic rings. The summed E-state index contributed by atoms with van der Waals surface area (Å²) in [7, 11) is 0. The number of hydrogen-bond acceptors (Lipinski definition) is 7. The van der Waals surface area contributed by atoms with Gasteiger partial charge >= 0.3 is 5.97 Å². The van der Waals surface area contributed by atoms with Crippen molar-refractivity contribution in [2.24, 2.45) is 0 Å². The molecule has 0 radical (unpaired) electrons. The summed E-state index contributed by atoms with van der Waals surface area (Å²) < 4.78 is 22.1. The van der Waals surface area contributed by atoms with E-state index >= 15 is 0 Å². The molecule has 0 N–H and O–H groups in total. The molecule has 6 nitrogen and oxygen atoms in total. The molecule has 2 rings (SSSR count). The van der Waals surface area contributed by atoms with Crippen LogP contribution in [0.2, 0.25) is 0 Å². The molecule has 1 saturated heterocycles. The van der Waals surface area contributed by atoms with Crippen molar-refractivity contribution in [1.82, 2.24) is 0 Å². The molecule has 0 amide bonds. The van der Waals surface area contributed by atoms with Gasteiger partial charge in [-0.2, -0.15) is 0 Å². The van der Waals surface area contributed by atoms with Crippen molar-refractivity contribution in [2.75, 3.05) is 12.4 Å². The Bertz CT molecular complexity index is 470. The lowest BCUT2D eigenvalue weighted by Gasteiger charge is -2.19. The van der Waals surface area contributed by atoms with Crippen LogP contribution in [0.1, 0.15) is 34.1 Å². The molecule has 0 aromatic heterocycles. The topological polar surface area (TPSA) is 71.1 Å². The summed E-state index contributed by atoms with van der Waals surface area (Å²) in [5.74, 6) is -0.150. The van der Waals surface area contributed by atoms with Crippen LogP contribution < -0.4 is 0 Å². The normalized spacial score (nSPS) is 26.5. The second kappa shape index (κ2) is 6.37. The first-order valence-corrected chi connectivity index (χ1v) is 7.84. The highest BCUT2D eigenvalue weighted by Gasteiger charge is 2.50. The van der Waals surface area contributed by atoms with Crippen molar-refractivity contribution in [3.8, 4) is 0 Å². The molecule has 2 aliphatic heterocycles. The molecular formula is C14H20O6S. The van der Waals surface area contributed by atoms with Gasteiger partial charge in [0.1, 0.15) is 11.9 Å². The molecule has 0 bridgehead atoms. The van der Waals surface area contributed by atoms with Crippen LogP contribution in [0.5, 0.6) is 0 Å². The first kappa shape index (κ1) is 16.3. The molecule has 2 atom stereocenters. The minimum absolute atomic E-state index is 0.0131. The first-order valence-electron chi connectivity index (χ1n) is 6.85. The van der Waals surface area contributed by atoms with Crippen molar-refractivity contribution >= 4 is 22.8 Å². The van der Waals surface area contributed by atoms with Crippen LogP contribution in [-0.2, 0) is 28.5 Å². The first-order chi connectivity index (χ1) is 9.82. The van der Waals surface area contributed by atoms with Gasteiger partial charge in [-0.25, -0.2) is 0 Å². The molecule has 2 heterocycles. The number of esters is 1. The van der Waals surface area contributed by atoms with E-state index in [1.165, 1.54) is 6.92 Å². The predicted molar refractivity (Wildman–Crippen MR) is 76.3 cm³/mol. The van der Waals surface area contributed by atoms with Crippen molar-refractivity contribution in [3.63, 3.8) is 0 Å². The Morgan fingerprint density at radius 2 is 2.05 bits per heavy atom. The molecule has 21 heavy (non-hydrogen) atoms. The Balaban J connectivity index is 2.14. The van der Waals surface area contributed by atoms with Crippen LogP contribution >= 0.6 is 11.8 Å². The SMILES string of the molecule is CCOC(=O)CC1=C(CSC(C)=O)O[C@@H]2OC(C)(C)O[C@H]12. The third-order valence-electron chi connectivity index (χ3n) is 3.06. The van der Waals surface area contributed by atoms with Crippen LogP contribution in [0.15, 0.2) is 11.3 Å². The van der Waals surface area contributed by atoms with Crippen molar-refractivity contribution in [2.45, 2.75) is 52.3 Å². The molecule has 1 fully saturated rings. The van der Waals surface area contributed by atoms with E-state index in [9.17, 15) is 9.59 Å². The van der Waals surface area contributed by atoms with Gasteiger partial charge in [-0.15, -0.1) is 0 Å². The minimum atomic E-state index is -0.755. The zero-order chi connectivity index (χ0) is 15.6. The maximum atomic E-state index is 11.8. The summed E-state index contributed by atoms with van der Waals surface area (Å²) in [5, 5.41) is -0.0131. The number of carbonyl (C=O) groups is 2. The van der Waals surface area contributed by atoms with Gasteiger partial charge in [0.25, 0.3) is 0 Å². The standard InChI is InChI=1S/C14H20O6S/c1-5-17-11(16)6-9-10(7-21-8(2)15)18-13-12(9)19-14(3,4)20-13/h12-13H,5-7H2,1-4H3/t12-,13-/m1/s1. The van der Waals surface area contributed by atoms with Crippen LogP contribution in [0.4, 0.5) is 0 Å². The minimum Gasteiger partial charge on any atom is -0.466 e. The largest absolute Gasteiger partial charge is 0.466 e. The third-order valence-corrected chi connectivity index (χ3v) is 3.88. The van der Waals surface area contributed by atoms with E-state index in [1.54, 1.807) is 20.8 Å². The second-order valence-electron chi connectivity index (χ2n) is 5.25. The van der Waals surface area contributed by atoms with Gasteiger partial charge in [0, 0.05) is 12.5 Å². The number of hydrogen-bond donors (Lipinski definition) is 0. The van der Waals surface area contributed by atoms with Crippen LogP contribution in [0, 0.1) is 0 Å². The third kappa shape index (κ3) is 3.99. The Morgan fingerprint density at radius 3 is 2.67 bits per heavy atom. The molecule has 0 spiro atoms. The summed E-state index contributed by atoms with van der Waals surface area (Å²) in [6.07, 6.45) is -0.902. The monoisotopic (exact) mass is 316 g/mol. The van der Waals surface area contributed by atoms with Gasteiger partial charge < -0.3 is 18.9 Å². The quantitative estimate of drug-likeness (QED) is 0.718. The van der Waals surface area contributed by atoms with E-state index in [4.69, 9.17) is 18.9 Å². The van der Waals surface area contributed by atoms with E-state index in [1.807, 2.05) is 0 Å². The summed E-state index contributed by atoms with van der Waals surface area (Å²) in [5.41, 5.74) is 0.706. The lowest BCUT2D eigenvalue weighted by atomic mass is 10.1. The molecule has 0 aromatic carbocycles. The van der Waals surface area contributed by atoms with E-state index in [-0.39, 0.29) is 17.5 Å². The van der Waals surface area contributed by atoms with Crippen molar-refractivity contribution in [1.29, 1.82) is 0 Å². The fourth-order valence-corrected chi connectivity index (χ4v) is 2.87. The summed E-state index contributed by atoms with van der Waals surface area (Å²) >= 11 is 1.13. The fraction of sp³-hybridized carbons (Fsp3) is 0.714. The molecule has 0 aromatic rings. The number of ether oxygens (including phenoxy) is 4. The Labute approximate surface area is 128 Å². The van der Waals surface area contributed by atoms with E-state index in [0.29, 0.717) is 23.7 Å². The molecular weight excluding hydrogens is 296 g/mol. The van der Waals surface area contributed by atoms with E-state index in [0.717, 1.165) is 11.8 Å². The van der Waals surface area contributed by atoms with Crippen LogP contribution in [0.3, 0.4) is 0 Å². The molecule has 0 unspecified atom stereocenters. The smallest absolute Gasteiger partial charge is 0.310 e. The van der Waals surface area contributed by atoms with Gasteiger partial charge in [0.2, 0.25) is 6.29 Å². The highest BCUT2D eigenvalue weighted by molar-refractivity contribution is 8.13.